The van der Waals surface area contributed by atoms with Crippen molar-refractivity contribution >= 4 is 11.8 Å². The van der Waals surface area contributed by atoms with Gasteiger partial charge in [-0.1, -0.05) is 12.1 Å². The van der Waals surface area contributed by atoms with Crippen LogP contribution in [0.2, 0.25) is 0 Å². The van der Waals surface area contributed by atoms with Gasteiger partial charge in [0, 0.05) is 25.2 Å². The molecule has 6 heteroatoms. The first-order valence-corrected chi connectivity index (χ1v) is 9.80. The zero-order valence-electron chi connectivity index (χ0n) is 17.2. The Morgan fingerprint density at radius 3 is 2.17 bits per heavy atom. The van der Waals surface area contributed by atoms with Crippen LogP contribution < -0.4 is 14.8 Å². The number of nitrogens with zero attached hydrogens (tertiary/aromatic N) is 1. The Labute approximate surface area is 171 Å². The van der Waals surface area contributed by atoms with Crippen LogP contribution in [0.3, 0.4) is 0 Å². The summed E-state index contributed by atoms with van der Waals surface area (Å²) in [6.07, 6.45) is 1.56. The van der Waals surface area contributed by atoms with Gasteiger partial charge in [0.2, 0.25) is 5.91 Å². The molecule has 0 saturated carbocycles. The van der Waals surface area contributed by atoms with Crippen molar-refractivity contribution in [2.75, 3.05) is 27.3 Å². The van der Waals surface area contributed by atoms with Crippen LogP contribution in [0.15, 0.2) is 48.5 Å². The van der Waals surface area contributed by atoms with Crippen molar-refractivity contribution in [3.63, 3.8) is 0 Å². The monoisotopic (exact) mass is 396 g/mol. The van der Waals surface area contributed by atoms with Crippen molar-refractivity contribution in [2.45, 2.75) is 26.3 Å². The first-order chi connectivity index (χ1) is 13.9. The van der Waals surface area contributed by atoms with Gasteiger partial charge in [-0.25, -0.2) is 0 Å². The van der Waals surface area contributed by atoms with Gasteiger partial charge in [-0.3, -0.25) is 9.59 Å². The number of carbonyl (C=O) groups is 2. The highest BCUT2D eigenvalue weighted by Gasteiger charge is 2.39. The molecule has 6 nitrogen and oxygen atoms in total. The highest BCUT2D eigenvalue weighted by Crippen LogP contribution is 2.31. The fourth-order valence-corrected chi connectivity index (χ4v) is 3.65. The van der Waals surface area contributed by atoms with Gasteiger partial charge < -0.3 is 19.7 Å². The number of ether oxygens (including phenoxy) is 2. The van der Waals surface area contributed by atoms with E-state index in [0.29, 0.717) is 30.9 Å². The van der Waals surface area contributed by atoms with Gasteiger partial charge in [-0.05, 0) is 61.7 Å². The summed E-state index contributed by atoms with van der Waals surface area (Å²) in [7, 11) is 3.22. The average Bonchev–Trinajstić information content (AvgIpc) is 2.77. The summed E-state index contributed by atoms with van der Waals surface area (Å²) >= 11 is 0. The lowest BCUT2D eigenvalue weighted by Crippen LogP contribution is -2.51. The van der Waals surface area contributed by atoms with Crippen LogP contribution in [-0.2, 0) is 11.3 Å². The summed E-state index contributed by atoms with van der Waals surface area (Å²) in [6, 6.07) is 14.7. The Bertz CT molecular complexity index is 848. The quantitative estimate of drug-likeness (QED) is 0.814. The van der Waals surface area contributed by atoms with E-state index in [1.807, 2.05) is 31.2 Å². The molecule has 1 aliphatic rings. The number of nitrogens with one attached hydrogen (secondary N) is 1. The minimum Gasteiger partial charge on any atom is -0.497 e. The highest BCUT2D eigenvalue weighted by molar-refractivity contribution is 5.95. The van der Waals surface area contributed by atoms with Crippen LogP contribution in [0.4, 0.5) is 0 Å². The Hall–Kier alpha value is -3.02. The van der Waals surface area contributed by atoms with Crippen molar-refractivity contribution in [3.8, 4) is 11.5 Å². The zero-order valence-corrected chi connectivity index (χ0v) is 17.2. The molecule has 2 aromatic rings. The third kappa shape index (κ3) is 4.88. The van der Waals surface area contributed by atoms with E-state index in [1.54, 1.807) is 43.4 Å². The molecule has 1 saturated heterocycles. The molecule has 1 fully saturated rings. The van der Waals surface area contributed by atoms with Gasteiger partial charge in [-0.15, -0.1) is 0 Å². The number of carbonyl (C=O) groups excluding carboxylic acids is 2. The maximum absolute atomic E-state index is 12.9. The molecule has 1 N–H and O–H groups in total. The average molecular weight is 396 g/mol. The van der Waals surface area contributed by atoms with Crippen molar-refractivity contribution in [1.82, 2.24) is 10.2 Å². The molecule has 1 atom stereocenters. The molecule has 2 aromatic carbocycles. The first kappa shape index (κ1) is 20.7. The molecule has 0 aromatic heterocycles. The molecule has 1 aliphatic heterocycles. The number of hydrogen-bond donors (Lipinski definition) is 1. The van der Waals surface area contributed by atoms with Crippen molar-refractivity contribution < 1.29 is 19.1 Å². The highest BCUT2D eigenvalue weighted by atomic mass is 16.5. The normalized spacial score (nSPS) is 18.8. The molecule has 154 valence electrons. The van der Waals surface area contributed by atoms with Gasteiger partial charge in [0.1, 0.15) is 11.5 Å². The zero-order chi connectivity index (χ0) is 20.9. The molecular weight excluding hydrogens is 368 g/mol. The number of likely N-dealkylation sites (tertiary alicyclic amines) is 1. The van der Waals surface area contributed by atoms with Crippen LogP contribution in [-0.4, -0.2) is 44.0 Å². The minimum atomic E-state index is -0.604. The first-order valence-electron chi connectivity index (χ1n) is 9.80. The maximum atomic E-state index is 12.9. The van der Waals surface area contributed by atoms with E-state index in [0.717, 1.165) is 24.2 Å². The number of methoxy groups -OCH3 is 2. The van der Waals surface area contributed by atoms with Crippen LogP contribution >= 0.6 is 0 Å². The second-order valence-electron chi connectivity index (χ2n) is 7.65. The molecule has 0 bridgehead atoms. The van der Waals surface area contributed by atoms with Crippen molar-refractivity contribution in [2.24, 2.45) is 5.41 Å². The summed E-state index contributed by atoms with van der Waals surface area (Å²) in [6.45, 7) is 3.45. The number of amides is 2. The second kappa shape index (κ2) is 8.99. The smallest absolute Gasteiger partial charge is 0.253 e. The van der Waals surface area contributed by atoms with E-state index in [4.69, 9.17) is 9.47 Å². The molecule has 2 amide bonds. The topological polar surface area (TPSA) is 67.9 Å². The summed E-state index contributed by atoms with van der Waals surface area (Å²) < 4.78 is 10.3. The molecule has 0 radical (unpaired) electrons. The van der Waals surface area contributed by atoms with E-state index in [1.165, 1.54) is 0 Å². The number of hydrogen-bond acceptors (Lipinski definition) is 4. The molecule has 3 rings (SSSR count). The predicted octanol–water partition coefficient (Wildman–Crippen LogP) is 3.26. The van der Waals surface area contributed by atoms with Crippen LogP contribution in [0.5, 0.6) is 11.5 Å². The lowest BCUT2D eigenvalue weighted by molar-refractivity contribution is -0.132. The number of piperidine rings is 1. The van der Waals surface area contributed by atoms with Crippen LogP contribution in [0.25, 0.3) is 0 Å². The minimum absolute atomic E-state index is 0.0273. The molecular formula is C23H28N2O4. The van der Waals surface area contributed by atoms with Gasteiger partial charge >= 0.3 is 0 Å². The van der Waals surface area contributed by atoms with Crippen LogP contribution in [0, 0.1) is 5.41 Å². The predicted molar refractivity (Wildman–Crippen MR) is 111 cm³/mol. The second-order valence-corrected chi connectivity index (χ2v) is 7.65. The maximum Gasteiger partial charge on any atom is 0.253 e. The SMILES string of the molecule is COc1ccc(CNC(=O)[C@]2(C)CCCN(C(=O)c3ccc(OC)cc3)C2)cc1. The molecule has 1 heterocycles. The number of rotatable bonds is 6. The fourth-order valence-electron chi connectivity index (χ4n) is 3.65. The largest absolute Gasteiger partial charge is 0.497 e. The summed E-state index contributed by atoms with van der Waals surface area (Å²) in [4.78, 5) is 27.6. The van der Waals surface area contributed by atoms with E-state index in [-0.39, 0.29) is 11.8 Å². The standard InChI is InChI=1S/C23H28N2O4/c1-23(22(27)24-15-17-5-9-19(28-2)10-6-17)13-4-14-25(16-23)21(26)18-7-11-20(29-3)12-8-18/h5-12H,4,13-16H2,1-3H3,(H,24,27)/t23-/m1/s1. The van der Waals surface area contributed by atoms with E-state index >= 15 is 0 Å². The summed E-state index contributed by atoms with van der Waals surface area (Å²) in [5.74, 6) is 1.41. The Kier molecular flexibility index (Phi) is 6.42. The van der Waals surface area contributed by atoms with Gasteiger partial charge in [0.25, 0.3) is 5.91 Å². The Morgan fingerprint density at radius 1 is 1.00 bits per heavy atom. The fraction of sp³-hybridized carbons (Fsp3) is 0.391. The Morgan fingerprint density at radius 2 is 1.59 bits per heavy atom. The third-order valence-electron chi connectivity index (χ3n) is 5.48. The van der Waals surface area contributed by atoms with Gasteiger partial charge in [-0.2, -0.15) is 0 Å². The Balaban J connectivity index is 1.62. The lowest BCUT2D eigenvalue weighted by atomic mass is 9.80. The van der Waals surface area contributed by atoms with E-state index in [9.17, 15) is 9.59 Å². The van der Waals surface area contributed by atoms with Crippen molar-refractivity contribution in [1.29, 1.82) is 0 Å². The van der Waals surface area contributed by atoms with E-state index < -0.39 is 5.41 Å². The van der Waals surface area contributed by atoms with Crippen LogP contribution in [0.1, 0.15) is 35.7 Å². The number of benzene rings is 2. The summed E-state index contributed by atoms with van der Waals surface area (Å²) in [5, 5.41) is 3.03. The van der Waals surface area contributed by atoms with Gasteiger partial charge in [0.15, 0.2) is 0 Å². The molecule has 0 spiro atoms. The van der Waals surface area contributed by atoms with Crippen molar-refractivity contribution in [3.05, 3.63) is 59.7 Å². The molecule has 0 aliphatic carbocycles. The molecule has 29 heavy (non-hydrogen) atoms. The lowest BCUT2D eigenvalue weighted by Gasteiger charge is -2.39. The summed E-state index contributed by atoms with van der Waals surface area (Å²) in [5.41, 5.74) is 1.01. The third-order valence-corrected chi connectivity index (χ3v) is 5.48. The molecule has 0 unspecified atom stereocenters. The van der Waals surface area contributed by atoms with Gasteiger partial charge in [0.05, 0.1) is 19.6 Å². The van der Waals surface area contributed by atoms with E-state index in [2.05, 4.69) is 5.32 Å².